The van der Waals surface area contributed by atoms with Crippen molar-refractivity contribution < 1.29 is 9.53 Å². The van der Waals surface area contributed by atoms with Crippen LogP contribution >= 0.6 is 11.8 Å². The Morgan fingerprint density at radius 2 is 1.94 bits per heavy atom. The van der Waals surface area contributed by atoms with Gasteiger partial charge in [0.25, 0.3) is 0 Å². The van der Waals surface area contributed by atoms with Crippen molar-refractivity contribution >= 4 is 16.9 Å². The molecule has 0 unspecified atom stereocenters. The summed E-state index contributed by atoms with van der Waals surface area (Å²) >= 11 is 1.31. The lowest BCUT2D eigenvalue weighted by atomic mass is 10.2. The molecule has 1 N–H and O–H groups in total. The van der Waals surface area contributed by atoms with Gasteiger partial charge in [-0.25, -0.2) is 0 Å². The van der Waals surface area contributed by atoms with Crippen molar-refractivity contribution in [3.05, 3.63) is 0 Å². The first-order chi connectivity index (χ1) is 7.66. The molecule has 0 aliphatic carbocycles. The van der Waals surface area contributed by atoms with Crippen molar-refractivity contribution in [3.63, 3.8) is 0 Å². The van der Waals surface area contributed by atoms with Crippen molar-refractivity contribution in [2.75, 3.05) is 26.0 Å². The van der Waals surface area contributed by atoms with Crippen LogP contribution in [0.15, 0.2) is 0 Å². The summed E-state index contributed by atoms with van der Waals surface area (Å²) in [5.74, 6) is 0. The Bertz CT molecular complexity index is 174. The largest absolute Gasteiger partial charge is 0.381 e. The van der Waals surface area contributed by atoms with Crippen molar-refractivity contribution in [1.29, 1.82) is 0 Å². The molecule has 0 bridgehead atoms. The van der Waals surface area contributed by atoms with Crippen LogP contribution in [0.25, 0.3) is 0 Å². The molecule has 0 atom stereocenters. The molecule has 0 saturated carbocycles. The molecule has 0 aliphatic heterocycles. The molecular weight excluding hydrogens is 222 g/mol. The minimum absolute atomic E-state index is 0.279. The number of thioether (sulfide) groups is 1. The number of hydrogen-bond donors (Lipinski definition) is 1. The summed E-state index contributed by atoms with van der Waals surface area (Å²) in [6.07, 6.45) is 5.51. The predicted octanol–water partition coefficient (Wildman–Crippen LogP) is 2.45. The number of ether oxygens (including phenoxy) is 1. The first-order valence-electron chi connectivity index (χ1n) is 6.04. The van der Waals surface area contributed by atoms with Crippen LogP contribution in [0.1, 0.15) is 39.5 Å². The predicted molar refractivity (Wildman–Crippen MR) is 70.9 cm³/mol. The Morgan fingerprint density at radius 1 is 1.25 bits per heavy atom. The van der Waals surface area contributed by atoms with E-state index in [9.17, 15) is 4.79 Å². The maximum atomic E-state index is 11.0. The van der Waals surface area contributed by atoms with Crippen molar-refractivity contribution in [1.82, 2.24) is 5.32 Å². The van der Waals surface area contributed by atoms with E-state index >= 15 is 0 Å². The van der Waals surface area contributed by atoms with E-state index in [1.165, 1.54) is 11.8 Å². The van der Waals surface area contributed by atoms with Crippen LogP contribution in [0.5, 0.6) is 0 Å². The molecule has 0 aromatic rings. The second kappa shape index (κ2) is 11.4. The van der Waals surface area contributed by atoms with Crippen LogP contribution in [0.2, 0.25) is 0 Å². The molecule has 96 valence electrons. The highest BCUT2D eigenvalue weighted by Gasteiger charge is 1.98. The summed E-state index contributed by atoms with van der Waals surface area (Å²) in [6.45, 7) is 6.90. The molecule has 0 aromatic carbocycles. The lowest BCUT2D eigenvalue weighted by molar-refractivity contribution is -0.111. The molecule has 0 spiro atoms. The van der Waals surface area contributed by atoms with Gasteiger partial charge in [0.15, 0.2) is 5.12 Å². The third-order valence-electron chi connectivity index (χ3n) is 2.17. The number of carbonyl (C=O) groups excluding carboxylic acids is 1. The van der Waals surface area contributed by atoms with Gasteiger partial charge in [-0.15, -0.1) is 0 Å². The van der Waals surface area contributed by atoms with Gasteiger partial charge >= 0.3 is 0 Å². The highest BCUT2D eigenvalue weighted by molar-refractivity contribution is 8.13. The molecule has 3 nitrogen and oxygen atoms in total. The van der Waals surface area contributed by atoms with Crippen LogP contribution in [0.3, 0.4) is 0 Å². The Balaban J connectivity index is 3.01. The summed E-state index contributed by atoms with van der Waals surface area (Å²) in [7, 11) is 0. The average Bonchev–Trinajstić information content (AvgIpc) is 2.26. The smallest absolute Gasteiger partial charge is 0.188 e. The molecule has 0 amide bonds. The molecule has 0 radical (unpaired) electrons. The van der Waals surface area contributed by atoms with Gasteiger partial charge in [0, 0.05) is 25.7 Å². The van der Waals surface area contributed by atoms with Gasteiger partial charge in [0.05, 0.1) is 0 Å². The SMILES string of the molecule is CSC(=O)CCCCOCCCNC(C)C. The minimum atomic E-state index is 0.279. The van der Waals surface area contributed by atoms with Gasteiger partial charge in [-0.05, 0) is 32.1 Å². The Labute approximate surface area is 104 Å². The number of nitrogens with one attached hydrogen (secondary N) is 1. The Hall–Kier alpha value is -0.0600. The van der Waals surface area contributed by atoms with Gasteiger partial charge in [0.2, 0.25) is 0 Å². The van der Waals surface area contributed by atoms with E-state index in [4.69, 9.17) is 4.74 Å². The Morgan fingerprint density at radius 3 is 2.56 bits per heavy atom. The zero-order valence-corrected chi connectivity index (χ0v) is 11.6. The van der Waals surface area contributed by atoms with E-state index in [2.05, 4.69) is 19.2 Å². The van der Waals surface area contributed by atoms with E-state index in [0.717, 1.165) is 39.0 Å². The van der Waals surface area contributed by atoms with E-state index in [0.29, 0.717) is 12.5 Å². The summed E-state index contributed by atoms with van der Waals surface area (Å²) in [6, 6.07) is 0.553. The van der Waals surface area contributed by atoms with Crippen molar-refractivity contribution in [2.24, 2.45) is 0 Å². The van der Waals surface area contributed by atoms with Gasteiger partial charge in [-0.1, -0.05) is 25.6 Å². The van der Waals surface area contributed by atoms with Crippen LogP contribution in [-0.2, 0) is 9.53 Å². The van der Waals surface area contributed by atoms with Crippen LogP contribution in [-0.4, -0.2) is 37.2 Å². The monoisotopic (exact) mass is 247 g/mol. The maximum absolute atomic E-state index is 11.0. The quantitative estimate of drug-likeness (QED) is 0.602. The standard InChI is InChI=1S/C12H25NO2S/c1-11(2)13-8-6-10-15-9-5-4-7-12(14)16-3/h11,13H,4-10H2,1-3H3. The fraction of sp³-hybridized carbons (Fsp3) is 0.917. The van der Waals surface area contributed by atoms with E-state index in [1.54, 1.807) is 0 Å². The van der Waals surface area contributed by atoms with Crippen molar-refractivity contribution in [2.45, 2.75) is 45.6 Å². The zero-order valence-electron chi connectivity index (χ0n) is 10.8. The molecule has 0 heterocycles. The van der Waals surface area contributed by atoms with Gasteiger partial charge in [-0.2, -0.15) is 0 Å². The zero-order chi connectivity index (χ0) is 12.2. The molecule has 0 aromatic heterocycles. The molecular formula is C12H25NO2S. The van der Waals surface area contributed by atoms with Gasteiger partial charge in [-0.3, -0.25) is 4.79 Å². The Kier molecular flexibility index (Phi) is 11.4. The normalized spacial score (nSPS) is 11.0. The van der Waals surface area contributed by atoms with Gasteiger partial charge in [0.1, 0.15) is 0 Å². The molecule has 4 heteroatoms. The van der Waals surface area contributed by atoms with E-state index in [-0.39, 0.29) is 5.12 Å². The molecule has 0 fully saturated rings. The number of hydrogen-bond acceptors (Lipinski definition) is 4. The highest BCUT2D eigenvalue weighted by atomic mass is 32.2. The summed E-state index contributed by atoms with van der Waals surface area (Å²) in [5.41, 5.74) is 0. The summed E-state index contributed by atoms with van der Waals surface area (Å²) < 4.78 is 5.47. The maximum Gasteiger partial charge on any atom is 0.188 e. The first kappa shape index (κ1) is 15.9. The third kappa shape index (κ3) is 12.0. The second-order valence-corrected chi connectivity index (χ2v) is 4.97. The lowest BCUT2D eigenvalue weighted by Gasteiger charge is -2.08. The highest BCUT2D eigenvalue weighted by Crippen LogP contribution is 2.04. The number of rotatable bonds is 10. The number of carbonyl (C=O) groups is 1. The lowest BCUT2D eigenvalue weighted by Crippen LogP contribution is -2.24. The fourth-order valence-corrected chi connectivity index (χ4v) is 1.59. The molecule has 0 aliphatic rings. The average molecular weight is 247 g/mol. The van der Waals surface area contributed by atoms with Crippen molar-refractivity contribution in [3.8, 4) is 0 Å². The molecule has 16 heavy (non-hydrogen) atoms. The number of unbranched alkanes of at least 4 members (excludes halogenated alkanes) is 1. The molecule has 0 saturated heterocycles. The van der Waals surface area contributed by atoms with Gasteiger partial charge < -0.3 is 10.1 Å². The summed E-state index contributed by atoms with van der Waals surface area (Å²) in [5, 5.41) is 3.62. The second-order valence-electron chi connectivity index (χ2n) is 4.11. The topological polar surface area (TPSA) is 38.3 Å². The van der Waals surface area contributed by atoms with E-state index in [1.807, 2.05) is 6.26 Å². The fourth-order valence-electron chi connectivity index (χ4n) is 1.24. The summed E-state index contributed by atoms with van der Waals surface area (Å²) in [4.78, 5) is 11.0. The molecule has 0 rings (SSSR count). The van der Waals surface area contributed by atoms with E-state index < -0.39 is 0 Å². The first-order valence-corrected chi connectivity index (χ1v) is 7.27. The van der Waals surface area contributed by atoms with Crippen LogP contribution < -0.4 is 5.32 Å². The van der Waals surface area contributed by atoms with Crippen LogP contribution in [0, 0.1) is 0 Å². The minimum Gasteiger partial charge on any atom is -0.381 e. The van der Waals surface area contributed by atoms with Crippen LogP contribution in [0.4, 0.5) is 0 Å². The third-order valence-corrected chi connectivity index (χ3v) is 2.82.